The molecule has 0 amide bonds. The van der Waals surface area contributed by atoms with Crippen LogP contribution in [0.1, 0.15) is 38.5 Å². The number of ether oxygens (including phenoxy) is 2. The van der Waals surface area contributed by atoms with Crippen LogP contribution in [0.25, 0.3) is 0 Å². The number of hydrogen-bond acceptors (Lipinski definition) is 10. The Hall–Kier alpha value is -2.73. The molecule has 6 atom stereocenters. The molecule has 1 aliphatic carbocycles. The Morgan fingerprint density at radius 3 is 2.28 bits per heavy atom. The number of rotatable bonds is 4. The van der Waals surface area contributed by atoms with E-state index in [4.69, 9.17) is 9.47 Å². The summed E-state index contributed by atoms with van der Waals surface area (Å²) in [5.74, 6) is -2.52. The molecule has 7 N–H and O–H groups in total. The molecule has 10 heteroatoms. The summed E-state index contributed by atoms with van der Waals surface area (Å²) in [5, 5.41) is 71.3. The van der Waals surface area contributed by atoms with Gasteiger partial charge < -0.3 is 45.2 Å². The zero-order chi connectivity index (χ0) is 23.3. The zero-order valence-corrected chi connectivity index (χ0v) is 17.0. The van der Waals surface area contributed by atoms with Crippen LogP contribution in [0.4, 0.5) is 0 Å². The highest BCUT2D eigenvalue weighted by molar-refractivity contribution is 6.16. The van der Waals surface area contributed by atoms with E-state index >= 15 is 0 Å². The molecule has 2 aromatic rings. The second-order valence-electron chi connectivity index (χ2n) is 7.92. The van der Waals surface area contributed by atoms with Crippen molar-refractivity contribution in [1.82, 2.24) is 0 Å². The van der Waals surface area contributed by atoms with E-state index in [-0.39, 0.29) is 39.3 Å². The van der Waals surface area contributed by atoms with E-state index in [1.807, 2.05) is 0 Å². The van der Waals surface area contributed by atoms with Crippen LogP contribution in [0, 0.1) is 0 Å². The van der Waals surface area contributed by atoms with Crippen LogP contribution in [0.2, 0.25) is 0 Å². The molecule has 1 fully saturated rings. The van der Waals surface area contributed by atoms with Gasteiger partial charge in [0.05, 0.1) is 37.6 Å². The second-order valence-corrected chi connectivity index (χ2v) is 7.92. The number of benzene rings is 2. The van der Waals surface area contributed by atoms with E-state index in [2.05, 4.69) is 0 Å². The van der Waals surface area contributed by atoms with Crippen LogP contribution in [0.3, 0.4) is 0 Å². The maximum atomic E-state index is 13.4. The Morgan fingerprint density at radius 2 is 1.66 bits per heavy atom. The lowest BCUT2D eigenvalue weighted by Gasteiger charge is -2.45. The number of aliphatic hydroxyl groups excluding tert-OH is 5. The molecule has 2 aliphatic rings. The number of carbonyl (C=O) groups excluding carboxylic acids is 1. The molecule has 10 nitrogen and oxygen atoms in total. The first kappa shape index (κ1) is 22.5. The van der Waals surface area contributed by atoms with Crippen molar-refractivity contribution >= 4 is 5.78 Å². The highest BCUT2D eigenvalue weighted by Gasteiger charge is 2.50. The summed E-state index contributed by atoms with van der Waals surface area (Å²) in [6.07, 6.45) is -7.34. The van der Waals surface area contributed by atoms with E-state index < -0.39 is 61.2 Å². The Balaban J connectivity index is 2.00. The van der Waals surface area contributed by atoms with E-state index in [1.165, 1.54) is 31.4 Å². The van der Waals surface area contributed by atoms with Crippen LogP contribution < -0.4 is 4.74 Å². The molecule has 172 valence electrons. The fourth-order valence-electron chi connectivity index (χ4n) is 4.63. The molecule has 4 rings (SSSR count). The Morgan fingerprint density at radius 1 is 0.938 bits per heavy atom. The Labute approximate surface area is 182 Å². The van der Waals surface area contributed by atoms with Gasteiger partial charge in [-0.2, -0.15) is 0 Å². The lowest BCUT2D eigenvalue weighted by Crippen LogP contribution is -2.60. The fourth-order valence-corrected chi connectivity index (χ4v) is 4.63. The zero-order valence-electron chi connectivity index (χ0n) is 17.0. The first-order chi connectivity index (χ1) is 15.2. The van der Waals surface area contributed by atoms with Crippen molar-refractivity contribution in [2.45, 2.75) is 43.0 Å². The van der Waals surface area contributed by atoms with Gasteiger partial charge in [-0.25, -0.2) is 0 Å². The molecule has 0 bridgehead atoms. The third-order valence-corrected chi connectivity index (χ3v) is 6.15. The lowest BCUT2D eigenvalue weighted by atomic mass is 9.71. The normalized spacial score (nSPS) is 29.4. The van der Waals surface area contributed by atoms with Crippen molar-refractivity contribution in [2.24, 2.45) is 0 Å². The predicted molar refractivity (Wildman–Crippen MR) is 108 cm³/mol. The lowest BCUT2D eigenvalue weighted by molar-refractivity contribution is -0.232. The number of phenolic OH excluding ortho intramolecular Hbond substituents is 2. The average Bonchev–Trinajstić information content (AvgIpc) is 2.78. The maximum absolute atomic E-state index is 13.4. The monoisotopic (exact) mass is 448 g/mol. The SMILES string of the molecule is COc1c(O)ccc2c1C(=O)c1c(O)cc(CO)cc1C2C1OC(CO)C(O)C(O)C1O. The minimum absolute atomic E-state index is 0.0611. The first-order valence-corrected chi connectivity index (χ1v) is 9.96. The van der Waals surface area contributed by atoms with Crippen LogP contribution in [0.5, 0.6) is 17.2 Å². The maximum Gasteiger partial charge on any atom is 0.201 e. The Bertz CT molecular complexity index is 1050. The number of methoxy groups -OCH3 is 1. The summed E-state index contributed by atoms with van der Waals surface area (Å²) in [4.78, 5) is 13.4. The number of aromatic hydroxyl groups is 2. The molecule has 1 heterocycles. The molecule has 1 saturated heterocycles. The van der Waals surface area contributed by atoms with Crippen LogP contribution in [-0.4, -0.2) is 85.8 Å². The highest BCUT2D eigenvalue weighted by Crippen LogP contribution is 2.49. The number of aliphatic hydroxyl groups is 5. The smallest absolute Gasteiger partial charge is 0.201 e. The summed E-state index contributed by atoms with van der Waals surface area (Å²) in [6.45, 7) is -1.09. The van der Waals surface area contributed by atoms with Crippen molar-refractivity contribution in [3.05, 3.63) is 52.1 Å². The topological polar surface area (TPSA) is 177 Å². The number of carbonyl (C=O) groups is 1. The number of phenols is 2. The fraction of sp³-hybridized carbons (Fsp3) is 0.409. The van der Waals surface area contributed by atoms with Gasteiger partial charge in [-0.05, 0) is 28.8 Å². The molecule has 6 unspecified atom stereocenters. The molecule has 32 heavy (non-hydrogen) atoms. The van der Waals surface area contributed by atoms with Gasteiger partial charge in [-0.15, -0.1) is 0 Å². The third kappa shape index (κ3) is 3.24. The quantitative estimate of drug-likeness (QED) is 0.311. The number of hydrogen-bond donors (Lipinski definition) is 7. The molecule has 0 radical (unpaired) electrons. The van der Waals surface area contributed by atoms with E-state index in [9.17, 15) is 40.5 Å². The second kappa shape index (κ2) is 8.32. The standard InChI is InChI=1S/C22H24O10/c1-31-21-11(25)3-2-9-14(22-20(30)19(29)17(27)13(7-24)32-22)10-4-8(6-23)5-12(26)15(10)18(28)16(9)21/h2-5,13-14,17,19-20,22-27,29-30H,6-7H2,1H3. The molecule has 1 aliphatic heterocycles. The summed E-state index contributed by atoms with van der Waals surface area (Å²) >= 11 is 0. The summed E-state index contributed by atoms with van der Waals surface area (Å²) < 4.78 is 11.0. The van der Waals surface area contributed by atoms with Crippen molar-refractivity contribution in [3.63, 3.8) is 0 Å². The molecule has 2 aromatic carbocycles. The molecule has 0 aromatic heterocycles. The molecule has 0 saturated carbocycles. The van der Waals surface area contributed by atoms with E-state index in [0.29, 0.717) is 0 Å². The minimum atomic E-state index is -1.66. The van der Waals surface area contributed by atoms with E-state index in [0.717, 1.165) is 0 Å². The summed E-state index contributed by atoms with van der Waals surface area (Å²) in [6, 6.07) is 5.42. The van der Waals surface area contributed by atoms with Crippen molar-refractivity contribution in [2.75, 3.05) is 13.7 Å². The first-order valence-electron chi connectivity index (χ1n) is 9.96. The largest absolute Gasteiger partial charge is 0.507 e. The van der Waals surface area contributed by atoms with Gasteiger partial charge in [0, 0.05) is 5.92 Å². The Kier molecular flexibility index (Phi) is 5.84. The average molecular weight is 448 g/mol. The van der Waals surface area contributed by atoms with Gasteiger partial charge in [0.1, 0.15) is 30.2 Å². The molecule has 0 spiro atoms. The summed E-state index contributed by atoms with van der Waals surface area (Å²) in [5.41, 5.74) is 0.576. The third-order valence-electron chi connectivity index (χ3n) is 6.15. The van der Waals surface area contributed by atoms with Gasteiger partial charge in [-0.1, -0.05) is 12.1 Å². The van der Waals surface area contributed by atoms with E-state index in [1.54, 1.807) is 0 Å². The molecular weight excluding hydrogens is 424 g/mol. The van der Waals surface area contributed by atoms with Crippen molar-refractivity contribution in [1.29, 1.82) is 0 Å². The van der Waals surface area contributed by atoms with Crippen LogP contribution in [0.15, 0.2) is 24.3 Å². The van der Waals surface area contributed by atoms with Gasteiger partial charge in [0.2, 0.25) is 5.78 Å². The summed E-state index contributed by atoms with van der Waals surface area (Å²) in [7, 11) is 1.26. The van der Waals surface area contributed by atoms with Crippen molar-refractivity contribution < 1.29 is 50.0 Å². The van der Waals surface area contributed by atoms with Gasteiger partial charge in [0.15, 0.2) is 11.5 Å². The van der Waals surface area contributed by atoms with Crippen LogP contribution in [-0.2, 0) is 11.3 Å². The number of fused-ring (bicyclic) bond motifs is 2. The highest BCUT2D eigenvalue weighted by atomic mass is 16.5. The molecular formula is C22H24O10. The van der Waals surface area contributed by atoms with Gasteiger partial charge >= 0.3 is 0 Å². The van der Waals surface area contributed by atoms with Crippen molar-refractivity contribution in [3.8, 4) is 17.2 Å². The predicted octanol–water partition coefficient (Wildman–Crippen LogP) is -0.883. The number of ketones is 1. The minimum Gasteiger partial charge on any atom is -0.507 e. The van der Waals surface area contributed by atoms with Crippen LogP contribution >= 0.6 is 0 Å². The van der Waals surface area contributed by atoms with Gasteiger partial charge in [0.25, 0.3) is 0 Å². The van der Waals surface area contributed by atoms with Gasteiger partial charge in [-0.3, -0.25) is 4.79 Å².